The van der Waals surface area contributed by atoms with Crippen molar-refractivity contribution in [3.8, 4) is 0 Å². The minimum Gasteiger partial charge on any atom is -0.379 e. The van der Waals surface area contributed by atoms with Crippen LogP contribution < -0.4 is 10.6 Å². The second-order valence-corrected chi connectivity index (χ2v) is 7.20. The highest BCUT2D eigenvalue weighted by molar-refractivity contribution is 14.0. The Hall–Kier alpha value is -0.510. The average molecular weight is 492 g/mol. The Labute approximate surface area is 179 Å². The van der Waals surface area contributed by atoms with Gasteiger partial charge < -0.3 is 15.4 Å². The van der Waals surface area contributed by atoms with Gasteiger partial charge in [0.2, 0.25) is 0 Å². The van der Waals surface area contributed by atoms with E-state index < -0.39 is 0 Å². The van der Waals surface area contributed by atoms with Gasteiger partial charge in [0.15, 0.2) is 5.96 Å². The zero-order chi connectivity index (χ0) is 17.7. The van der Waals surface area contributed by atoms with Gasteiger partial charge in [-0.15, -0.1) is 24.0 Å². The number of morpholine rings is 1. The van der Waals surface area contributed by atoms with E-state index in [1.807, 2.05) is 18.8 Å². The number of benzene rings is 1. The Morgan fingerprint density at radius 3 is 2.58 bits per heavy atom. The molecule has 0 saturated carbocycles. The van der Waals surface area contributed by atoms with Gasteiger partial charge in [-0.2, -0.15) is 11.8 Å². The lowest BCUT2D eigenvalue weighted by Gasteiger charge is -2.27. The molecule has 0 amide bonds. The maximum Gasteiger partial charge on any atom is 0.191 e. The third-order valence-electron chi connectivity index (χ3n) is 4.35. The molecule has 0 radical (unpaired) electrons. The van der Waals surface area contributed by atoms with Gasteiger partial charge in [0, 0.05) is 39.8 Å². The first-order valence-electron chi connectivity index (χ1n) is 9.14. The van der Waals surface area contributed by atoms with Gasteiger partial charge in [-0.1, -0.05) is 24.3 Å². The molecule has 0 bridgehead atoms. The molecule has 1 heterocycles. The number of thioether (sulfide) groups is 1. The van der Waals surface area contributed by atoms with E-state index in [1.54, 1.807) is 0 Å². The van der Waals surface area contributed by atoms with Crippen molar-refractivity contribution in [2.24, 2.45) is 4.99 Å². The Bertz CT molecular complexity index is 524. The number of aliphatic imine (C=N–C) groups is 1. The van der Waals surface area contributed by atoms with Gasteiger partial charge in [-0.25, -0.2) is 0 Å². The summed E-state index contributed by atoms with van der Waals surface area (Å²) in [6.45, 7) is 6.46. The summed E-state index contributed by atoms with van der Waals surface area (Å²) < 4.78 is 5.44. The molecule has 0 aliphatic carbocycles. The van der Waals surface area contributed by atoms with E-state index in [1.165, 1.54) is 29.7 Å². The van der Waals surface area contributed by atoms with Crippen LogP contribution in [0.4, 0.5) is 0 Å². The Morgan fingerprint density at radius 2 is 1.88 bits per heavy atom. The fourth-order valence-corrected chi connectivity index (χ4v) is 3.35. The van der Waals surface area contributed by atoms with E-state index in [-0.39, 0.29) is 24.0 Å². The first-order valence-corrected chi connectivity index (χ1v) is 10.5. The van der Waals surface area contributed by atoms with E-state index in [0.29, 0.717) is 0 Å². The summed E-state index contributed by atoms with van der Waals surface area (Å²) >= 11 is 1.90. The Morgan fingerprint density at radius 1 is 1.15 bits per heavy atom. The average Bonchev–Trinajstić information content (AvgIpc) is 2.66. The number of guanidine groups is 1. The van der Waals surface area contributed by atoms with Gasteiger partial charge >= 0.3 is 0 Å². The van der Waals surface area contributed by atoms with Crippen LogP contribution in [0.3, 0.4) is 0 Å². The number of nitrogens with one attached hydrogen (secondary N) is 2. The molecule has 1 aliphatic rings. The standard InChI is InChI=1S/C19H32N4OS.HI/c1-20-19(21-9-5-6-14-25-2)22-15-17-7-3-4-8-18(17)16-23-10-12-24-13-11-23;/h3-4,7-8H,5-6,9-16H2,1-2H3,(H2,20,21,22);1H. The van der Waals surface area contributed by atoms with Crippen molar-refractivity contribution in [1.29, 1.82) is 0 Å². The van der Waals surface area contributed by atoms with Gasteiger partial charge in [-0.05, 0) is 36.0 Å². The molecule has 1 aromatic carbocycles. The molecule has 1 aromatic rings. The number of nitrogens with zero attached hydrogens (tertiary/aromatic N) is 2. The lowest BCUT2D eigenvalue weighted by Crippen LogP contribution is -2.38. The summed E-state index contributed by atoms with van der Waals surface area (Å²) in [6.07, 6.45) is 4.57. The molecule has 7 heteroatoms. The molecular weight excluding hydrogens is 459 g/mol. The zero-order valence-corrected chi connectivity index (χ0v) is 19.1. The molecule has 1 fully saturated rings. The van der Waals surface area contributed by atoms with E-state index in [2.05, 4.69) is 51.0 Å². The van der Waals surface area contributed by atoms with Crippen LogP contribution in [-0.4, -0.2) is 62.8 Å². The minimum absolute atomic E-state index is 0. The van der Waals surface area contributed by atoms with Gasteiger partial charge in [0.25, 0.3) is 0 Å². The zero-order valence-electron chi connectivity index (χ0n) is 16.0. The predicted molar refractivity (Wildman–Crippen MR) is 124 cm³/mol. The van der Waals surface area contributed by atoms with Crippen LogP contribution in [0.1, 0.15) is 24.0 Å². The van der Waals surface area contributed by atoms with E-state index in [4.69, 9.17) is 4.74 Å². The summed E-state index contributed by atoms with van der Waals surface area (Å²) in [5.74, 6) is 2.10. The van der Waals surface area contributed by atoms with Crippen LogP contribution in [0, 0.1) is 0 Å². The molecule has 0 aromatic heterocycles. The normalized spacial score (nSPS) is 15.4. The summed E-state index contributed by atoms with van der Waals surface area (Å²) in [7, 11) is 1.83. The summed E-state index contributed by atoms with van der Waals surface area (Å²) in [6, 6.07) is 8.66. The minimum atomic E-state index is 0. The van der Waals surface area contributed by atoms with Gasteiger partial charge in [0.05, 0.1) is 13.2 Å². The van der Waals surface area contributed by atoms with Crippen LogP contribution in [0.25, 0.3) is 0 Å². The van der Waals surface area contributed by atoms with Gasteiger partial charge in [-0.3, -0.25) is 9.89 Å². The Balaban J connectivity index is 0.00000338. The van der Waals surface area contributed by atoms with Crippen LogP contribution >= 0.6 is 35.7 Å². The van der Waals surface area contributed by atoms with Crippen molar-refractivity contribution in [2.45, 2.75) is 25.9 Å². The number of hydrogen-bond donors (Lipinski definition) is 2. The fourth-order valence-electron chi connectivity index (χ4n) is 2.86. The molecule has 0 spiro atoms. The van der Waals surface area contributed by atoms with Crippen molar-refractivity contribution in [2.75, 3.05) is 51.9 Å². The van der Waals surface area contributed by atoms with Crippen molar-refractivity contribution >= 4 is 41.7 Å². The molecule has 26 heavy (non-hydrogen) atoms. The molecule has 2 rings (SSSR count). The summed E-state index contributed by atoms with van der Waals surface area (Å²) in [5, 5.41) is 6.85. The smallest absolute Gasteiger partial charge is 0.191 e. The van der Waals surface area contributed by atoms with E-state index in [0.717, 1.165) is 51.9 Å². The van der Waals surface area contributed by atoms with Gasteiger partial charge in [0.1, 0.15) is 0 Å². The van der Waals surface area contributed by atoms with Crippen LogP contribution in [0.15, 0.2) is 29.3 Å². The van der Waals surface area contributed by atoms with Crippen molar-refractivity contribution in [3.05, 3.63) is 35.4 Å². The molecule has 5 nitrogen and oxygen atoms in total. The summed E-state index contributed by atoms with van der Waals surface area (Å²) in [4.78, 5) is 6.79. The third-order valence-corrected chi connectivity index (χ3v) is 5.05. The van der Waals surface area contributed by atoms with Crippen LogP contribution in [0.5, 0.6) is 0 Å². The lowest BCUT2D eigenvalue weighted by molar-refractivity contribution is 0.0341. The molecule has 1 saturated heterocycles. The SMILES string of the molecule is CN=C(NCCCCSC)NCc1ccccc1CN1CCOCC1.I. The molecule has 2 N–H and O–H groups in total. The Kier molecular flexibility index (Phi) is 13.2. The topological polar surface area (TPSA) is 48.9 Å². The maximum atomic E-state index is 5.44. The second-order valence-electron chi connectivity index (χ2n) is 6.21. The first kappa shape index (κ1) is 23.5. The summed E-state index contributed by atoms with van der Waals surface area (Å²) in [5.41, 5.74) is 2.71. The molecule has 0 atom stereocenters. The highest BCUT2D eigenvalue weighted by Gasteiger charge is 2.12. The molecular formula is C19H33IN4OS. The predicted octanol–water partition coefficient (Wildman–Crippen LogP) is 2.95. The maximum absolute atomic E-state index is 5.44. The first-order chi connectivity index (χ1) is 12.3. The molecule has 0 unspecified atom stereocenters. The lowest BCUT2D eigenvalue weighted by atomic mass is 10.1. The highest BCUT2D eigenvalue weighted by atomic mass is 127. The van der Waals surface area contributed by atoms with E-state index >= 15 is 0 Å². The third kappa shape index (κ3) is 8.92. The van der Waals surface area contributed by atoms with Crippen molar-refractivity contribution in [1.82, 2.24) is 15.5 Å². The van der Waals surface area contributed by atoms with Crippen molar-refractivity contribution < 1.29 is 4.74 Å². The highest BCUT2D eigenvalue weighted by Crippen LogP contribution is 2.13. The molecule has 148 valence electrons. The fraction of sp³-hybridized carbons (Fsp3) is 0.632. The quantitative estimate of drug-likeness (QED) is 0.240. The van der Waals surface area contributed by atoms with E-state index in [9.17, 15) is 0 Å². The van der Waals surface area contributed by atoms with Crippen molar-refractivity contribution in [3.63, 3.8) is 0 Å². The monoisotopic (exact) mass is 492 g/mol. The molecule has 1 aliphatic heterocycles. The number of unbranched alkanes of at least 4 members (excludes halogenated alkanes) is 1. The number of rotatable bonds is 9. The second kappa shape index (κ2) is 14.5. The number of hydrogen-bond acceptors (Lipinski definition) is 4. The number of ether oxygens (including phenoxy) is 1. The van der Waals surface area contributed by atoms with Crippen LogP contribution in [-0.2, 0) is 17.8 Å². The largest absolute Gasteiger partial charge is 0.379 e. The number of halogens is 1. The van der Waals surface area contributed by atoms with Crippen LogP contribution in [0.2, 0.25) is 0 Å².